The highest BCUT2D eigenvalue weighted by atomic mass is 19.1. The number of carbonyl (C=O) groups is 1. The van der Waals surface area contributed by atoms with E-state index in [0.717, 1.165) is 5.56 Å². The molecule has 2 rings (SSSR count). The molecule has 134 valence electrons. The average Bonchev–Trinajstić information content (AvgIpc) is 2.55. The lowest BCUT2D eigenvalue weighted by Crippen LogP contribution is -2.37. The molecule has 2 aromatic carbocycles. The van der Waals surface area contributed by atoms with Crippen LogP contribution >= 0.6 is 0 Å². The highest BCUT2D eigenvalue weighted by molar-refractivity contribution is 5.81. The van der Waals surface area contributed by atoms with Crippen LogP contribution in [0.25, 0.3) is 0 Å². The second-order valence-electron chi connectivity index (χ2n) is 7.32. The van der Waals surface area contributed by atoms with Crippen molar-refractivity contribution >= 4 is 5.91 Å². The molecule has 2 aromatic rings. The lowest BCUT2D eigenvalue weighted by molar-refractivity contribution is -0.127. The maximum atomic E-state index is 13.0. The average molecular weight is 343 g/mol. The summed E-state index contributed by atoms with van der Waals surface area (Å²) < 4.78 is 18.7. The number of ether oxygens (including phenoxy) is 1. The number of halogens is 1. The number of hydrogen-bond acceptors (Lipinski definition) is 2. The van der Waals surface area contributed by atoms with Gasteiger partial charge in [0.25, 0.3) is 5.91 Å². The maximum absolute atomic E-state index is 13.0. The number of hydrogen-bond donors (Lipinski definition) is 1. The van der Waals surface area contributed by atoms with E-state index >= 15 is 0 Å². The van der Waals surface area contributed by atoms with Crippen molar-refractivity contribution < 1.29 is 13.9 Å². The van der Waals surface area contributed by atoms with E-state index in [0.29, 0.717) is 5.75 Å². The lowest BCUT2D eigenvalue weighted by Gasteiger charge is -2.21. The van der Waals surface area contributed by atoms with Crippen LogP contribution in [-0.4, -0.2) is 12.0 Å². The number of rotatable bonds is 5. The van der Waals surface area contributed by atoms with Gasteiger partial charge in [0.15, 0.2) is 6.10 Å². The van der Waals surface area contributed by atoms with Crippen LogP contribution in [0.4, 0.5) is 4.39 Å². The number of carbonyl (C=O) groups excluding carboxylic acids is 1. The highest BCUT2D eigenvalue weighted by Crippen LogP contribution is 2.24. The predicted octanol–water partition coefficient (Wildman–Crippen LogP) is 4.77. The van der Waals surface area contributed by atoms with Crippen molar-refractivity contribution in [2.24, 2.45) is 0 Å². The van der Waals surface area contributed by atoms with Gasteiger partial charge in [0.05, 0.1) is 6.04 Å². The zero-order chi connectivity index (χ0) is 18.6. The molecule has 1 amide bonds. The molecule has 0 heterocycles. The zero-order valence-electron chi connectivity index (χ0n) is 15.5. The molecular formula is C21H26FNO2. The summed E-state index contributed by atoms with van der Waals surface area (Å²) in [6, 6.07) is 13.7. The third kappa shape index (κ3) is 5.31. The molecule has 3 nitrogen and oxygen atoms in total. The van der Waals surface area contributed by atoms with Crippen molar-refractivity contribution in [1.82, 2.24) is 5.32 Å². The topological polar surface area (TPSA) is 38.3 Å². The summed E-state index contributed by atoms with van der Waals surface area (Å²) in [5, 5.41) is 2.88. The Morgan fingerprint density at radius 1 is 1.00 bits per heavy atom. The summed E-state index contributed by atoms with van der Waals surface area (Å²) in [7, 11) is 0. The van der Waals surface area contributed by atoms with Gasteiger partial charge < -0.3 is 10.1 Å². The van der Waals surface area contributed by atoms with Crippen molar-refractivity contribution in [3.05, 3.63) is 65.5 Å². The monoisotopic (exact) mass is 343 g/mol. The Morgan fingerprint density at radius 2 is 1.56 bits per heavy atom. The molecule has 0 bridgehead atoms. The van der Waals surface area contributed by atoms with E-state index in [9.17, 15) is 9.18 Å². The molecule has 0 aliphatic rings. The van der Waals surface area contributed by atoms with Crippen LogP contribution in [0, 0.1) is 5.82 Å². The quantitative estimate of drug-likeness (QED) is 0.849. The molecule has 0 radical (unpaired) electrons. The highest BCUT2D eigenvalue weighted by Gasteiger charge is 2.18. The van der Waals surface area contributed by atoms with E-state index in [1.807, 2.05) is 31.2 Å². The van der Waals surface area contributed by atoms with E-state index in [1.54, 1.807) is 19.1 Å². The lowest BCUT2D eigenvalue weighted by atomic mass is 9.87. The van der Waals surface area contributed by atoms with Gasteiger partial charge in [-0.2, -0.15) is 0 Å². The molecule has 0 saturated heterocycles. The molecule has 0 spiro atoms. The SMILES string of the molecule is C[C@@H](Oc1ccc(C(C)(C)C)cc1)C(=O)N[C@H](C)c1ccc(F)cc1. The van der Waals surface area contributed by atoms with Gasteiger partial charge in [-0.25, -0.2) is 4.39 Å². The molecule has 0 saturated carbocycles. The van der Waals surface area contributed by atoms with Gasteiger partial charge in [-0.15, -0.1) is 0 Å². The summed E-state index contributed by atoms with van der Waals surface area (Å²) in [5.41, 5.74) is 2.13. The van der Waals surface area contributed by atoms with Gasteiger partial charge in [0, 0.05) is 0 Å². The van der Waals surface area contributed by atoms with Crippen LogP contribution < -0.4 is 10.1 Å². The summed E-state index contributed by atoms with van der Waals surface area (Å²) in [6.45, 7) is 10.0. The van der Waals surface area contributed by atoms with Crippen molar-refractivity contribution in [3.8, 4) is 5.75 Å². The molecule has 25 heavy (non-hydrogen) atoms. The van der Waals surface area contributed by atoms with Crippen LogP contribution in [0.2, 0.25) is 0 Å². The Bertz CT molecular complexity index is 702. The first kappa shape index (κ1) is 19.0. The van der Waals surface area contributed by atoms with Crippen LogP contribution in [-0.2, 0) is 10.2 Å². The summed E-state index contributed by atoms with van der Waals surface area (Å²) in [5.74, 6) is 0.152. The standard InChI is InChI=1S/C21H26FNO2/c1-14(16-6-10-18(22)11-7-16)23-20(24)15(2)25-19-12-8-17(9-13-19)21(3,4)5/h6-15H,1-5H3,(H,23,24)/t14-,15-/m1/s1. The Balaban J connectivity index is 1.94. The zero-order valence-corrected chi connectivity index (χ0v) is 15.5. The second kappa shape index (κ2) is 7.68. The predicted molar refractivity (Wildman–Crippen MR) is 98.2 cm³/mol. The minimum Gasteiger partial charge on any atom is -0.481 e. The first-order valence-electron chi connectivity index (χ1n) is 8.50. The smallest absolute Gasteiger partial charge is 0.261 e. The van der Waals surface area contributed by atoms with Gasteiger partial charge in [-0.1, -0.05) is 45.0 Å². The van der Waals surface area contributed by atoms with Crippen LogP contribution in [0.15, 0.2) is 48.5 Å². The third-order valence-corrected chi connectivity index (χ3v) is 4.13. The van der Waals surface area contributed by atoms with Crippen molar-refractivity contribution in [2.45, 2.75) is 52.2 Å². The Labute approximate surface area is 149 Å². The molecule has 0 unspecified atom stereocenters. The summed E-state index contributed by atoms with van der Waals surface area (Å²) in [6.07, 6.45) is -0.622. The molecule has 0 aliphatic heterocycles. The number of benzene rings is 2. The van der Waals surface area contributed by atoms with E-state index in [-0.39, 0.29) is 23.2 Å². The fourth-order valence-corrected chi connectivity index (χ4v) is 2.46. The van der Waals surface area contributed by atoms with Gasteiger partial charge in [-0.05, 0) is 54.7 Å². The first-order chi connectivity index (χ1) is 11.7. The van der Waals surface area contributed by atoms with E-state index in [4.69, 9.17) is 4.74 Å². The third-order valence-electron chi connectivity index (χ3n) is 4.13. The number of nitrogens with one attached hydrogen (secondary N) is 1. The summed E-state index contributed by atoms with van der Waals surface area (Å²) in [4.78, 5) is 12.3. The fourth-order valence-electron chi connectivity index (χ4n) is 2.46. The fraction of sp³-hybridized carbons (Fsp3) is 0.381. The van der Waals surface area contributed by atoms with E-state index in [1.165, 1.54) is 17.7 Å². The largest absolute Gasteiger partial charge is 0.481 e. The van der Waals surface area contributed by atoms with Gasteiger partial charge in [-0.3, -0.25) is 4.79 Å². The molecule has 0 fully saturated rings. The minimum atomic E-state index is -0.622. The first-order valence-corrected chi connectivity index (χ1v) is 8.50. The Kier molecular flexibility index (Phi) is 5.83. The van der Waals surface area contributed by atoms with Crippen LogP contribution in [0.1, 0.15) is 51.8 Å². The Morgan fingerprint density at radius 3 is 2.08 bits per heavy atom. The van der Waals surface area contributed by atoms with E-state index < -0.39 is 6.10 Å². The number of amides is 1. The van der Waals surface area contributed by atoms with Gasteiger partial charge >= 0.3 is 0 Å². The molecule has 1 N–H and O–H groups in total. The van der Waals surface area contributed by atoms with Crippen LogP contribution in [0.3, 0.4) is 0 Å². The molecule has 0 aliphatic carbocycles. The Hall–Kier alpha value is -2.36. The molecule has 4 heteroatoms. The minimum absolute atomic E-state index is 0.0755. The van der Waals surface area contributed by atoms with Gasteiger partial charge in [0.1, 0.15) is 11.6 Å². The van der Waals surface area contributed by atoms with Crippen molar-refractivity contribution in [3.63, 3.8) is 0 Å². The molecule has 2 atom stereocenters. The van der Waals surface area contributed by atoms with Crippen molar-refractivity contribution in [1.29, 1.82) is 0 Å². The molecular weight excluding hydrogens is 317 g/mol. The molecule has 0 aromatic heterocycles. The normalized spacial score (nSPS) is 13.8. The van der Waals surface area contributed by atoms with Gasteiger partial charge in [0.2, 0.25) is 0 Å². The second-order valence-corrected chi connectivity index (χ2v) is 7.32. The van der Waals surface area contributed by atoms with E-state index in [2.05, 4.69) is 26.1 Å². The van der Waals surface area contributed by atoms with Crippen LogP contribution in [0.5, 0.6) is 5.75 Å². The summed E-state index contributed by atoms with van der Waals surface area (Å²) >= 11 is 0. The maximum Gasteiger partial charge on any atom is 0.261 e. The van der Waals surface area contributed by atoms with Crippen molar-refractivity contribution in [2.75, 3.05) is 0 Å².